The molecule has 1 rings (SSSR count). The Morgan fingerprint density at radius 1 is 1.78 bits per heavy atom. The zero-order chi connectivity index (χ0) is 6.69. The van der Waals surface area contributed by atoms with E-state index >= 15 is 0 Å². The van der Waals surface area contributed by atoms with Gasteiger partial charge in [-0.05, 0) is 12.8 Å². The van der Waals surface area contributed by atoms with Crippen LogP contribution in [0, 0.1) is 11.3 Å². The molecule has 1 aliphatic rings. The van der Waals surface area contributed by atoms with Crippen LogP contribution in [0.3, 0.4) is 0 Å². The summed E-state index contributed by atoms with van der Waals surface area (Å²) < 4.78 is 0. The molecule has 0 aromatic rings. The maximum absolute atomic E-state index is 8.76. The molecule has 50 valence electrons. The molecule has 0 aromatic heterocycles. The fourth-order valence-electron chi connectivity index (χ4n) is 0.749. The van der Waals surface area contributed by atoms with Gasteiger partial charge < -0.3 is 0 Å². The van der Waals surface area contributed by atoms with Crippen LogP contribution in [0.2, 0.25) is 0 Å². The average Bonchev–Trinajstić information content (AvgIpc) is 1.89. The van der Waals surface area contributed by atoms with Gasteiger partial charge in [0.2, 0.25) is 0 Å². The second-order valence-corrected chi connectivity index (χ2v) is 1.92. The first kappa shape index (κ1) is 6.49. The van der Waals surface area contributed by atoms with Crippen molar-refractivity contribution in [3.8, 4) is 6.07 Å². The van der Waals surface area contributed by atoms with Crippen LogP contribution >= 0.6 is 0 Å². The fourth-order valence-corrected chi connectivity index (χ4v) is 0.749. The van der Waals surface area contributed by atoms with Gasteiger partial charge in [0, 0.05) is 0 Å². The Morgan fingerprint density at radius 3 is 3.00 bits per heavy atom. The molecule has 1 heterocycles. The summed E-state index contributed by atoms with van der Waals surface area (Å²) >= 11 is 0. The SMILES string of the molecule is N#CC1CCCON1O. The van der Waals surface area contributed by atoms with Crippen molar-refractivity contribution < 1.29 is 10.0 Å². The van der Waals surface area contributed by atoms with Crippen LogP contribution in [0.15, 0.2) is 0 Å². The van der Waals surface area contributed by atoms with Crippen molar-refractivity contribution in [2.24, 2.45) is 0 Å². The highest BCUT2D eigenvalue weighted by Gasteiger charge is 2.20. The molecule has 1 unspecified atom stereocenters. The molecule has 4 nitrogen and oxygen atoms in total. The van der Waals surface area contributed by atoms with E-state index < -0.39 is 6.04 Å². The van der Waals surface area contributed by atoms with Gasteiger partial charge in [-0.15, -0.1) is 0 Å². The first-order valence-corrected chi connectivity index (χ1v) is 2.85. The number of hydroxylamine groups is 2. The first-order chi connectivity index (χ1) is 4.34. The average molecular weight is 128 g/mol. The van der Waals surface area contributed by atoms with Gasteiger partial charge >= 0.3 is 0 Å². The number of hydrogen-bond acceptors (Lipinski definition) is 4. The van der Waals surface area contributed by atoms with Crippen LogP contribution in [0.1, 0.15) is 12.8 Å². The van der Waals surface area contributed by atoms with E-state index in [1.165, 1.54) is 0 Å². The van der Waals surface area contributed by atoms with Gasteiger partial charge in [-0.1, -0.05) is 5.23 Å². The largest absolute Gasteiger partial charge is 0.288 e. The summed E-state index contributed by atoms with van der Waals surface area (Å²) in [5.41, 5.74) is 0. The molecule has 1 atom stereocenters. The lowest BCUT2D eigenvalue weighted by molar-refractivity contribution is -0.367. The van der Waals surface area contributed by atoms with Crippen molar-refractivity contribution in [2.75, 3.05) is 6.61 Å². The molecular formula is C5H8N2O2. The lowest BCUT2D eigenvalue weighted by atomic mass is 10.2. The predicted molar refractivity (Wildman–Crippen MR) is 28.2 cm³/mol. The molecule has 0 saturated carbocycles. The van der Waals surface area contributed by atoms with Crippen molar-refractivity contribution >= 4 is 0 Å². The topological polar surface area (TPSA) is 56.5 Å². The second-order valence-electron chi connectivity index (χ2n) is 1.92. The van der Waals surface area contributed by atoms with E-state index in [4.69, 9.17) is 10.5 Å². The van der Waals surface area contributed by atoms with E-state index in [0.717, 1.165) is 6.42 Å². The highest BCUT2D eigenvalue weighted by atomic mass is 16.9. The molecule has 1 fully saturated rings. The van der Waals surface area contributed by atoms with E-state index in [-0.39, 0.29) is 0 Å². The molecule has 0 amide bonds. The lowest BCUT2D eigenvalue weighted by Crippen LogP contribution is -2.35. The molecule has 0 spiro atoms. The minimum atomic E-state index is -0.473. The number of rotatable bonds is 0. The van der Waals surface area contributed by atoms with Crippen molar-refractivity contribution in [1.29, 1.82) is 5.26 Å². The normalized spacial score (nSPS) is 29.6. The highest BCUT2D eigenvalue weighted by Crippen LogP contribution is 2.10. The van der Waals surface area contributed by atoms with Crippen LogP contribution < -0.4 is 0 Å². The summed E-state index contributed by atoms with van der Waals surface area (Å²) in [6.07, 6.45) is 1.53. The molecule has 9 heavy (non-hydrogen) atoms. The molecule has 1 saturated heterocycles. The monoisotopic (exact) mass is 128 g/mol. The van der Waals surface area contributed by atoms with Gasteiger partial charge in [-0.3, -0.25) is 10.0 Å². The van der Waals surface area contributed by atoms with Crippen LogP contribution in [-0.4, -0.2) is 23.1 Å². The van der Waals surface area contributed by atoms with Crippen LogP contribution in [0.5, 0.6) is 0 Å². The third-order valence-electron chi connectivity index (χ3n) is 1.26. The third-order valence-corrected chi connectivity index (χ3v) is 1.26. The number of hydrogen-bond donors (Lipinski definition) is 1. The Balaban J connectivity index is 2.41. The molecule has 4 heteroatoms. The minimum Gasteiger partial charge on any atom is -0.288 e. The van der Waals surface area contributed by atoms with Gasteiger partial charge in [-0.25, -0.2) is 0 Å². The summed E-state index contributed by atoms with van der Waals surface area (Å²) in [6.45, 7) is 0.509. The predicted octanol–water partition coefficient (Wildman–Crippen LogP) is 0.295. The molecule has 0 radical (unpaired) electrons. The van der Waals surface area contributed by atoms with Gasteiger partial charge in [0.25, 0.3) is 0 Å². The molecular weight excluding hydrogens is 120 g/mol. The summed E-state index contributed by atoms with van der Waals surface area (Å²) in [7, 11) is 0. The van der Waals surface area contributed by atoms with Crippen LogP contribution in [0.4, 0.5) is 0 Å². The summed E-state index contributed by atoms with van der Waals surface area (Å²) in [5.74, 6) is 0. The number of nitriles is 1. The Kier molecular flexibility index (Phi) is 2.01. The number of nitrogens with zero attached hydrogens (tertiary/aromatic N) is 2. The quantitative estimate of drug-likeness (QED) is 0.509. The van der Waals surface area contributed by atoms with Gasteiger partial charge in [0.1, 0.15) is 6.04 Å². The standard InChI is InChI=1S/C5H8N2O2/c6-4-5-2-1-3-9-7(5)8/h5,8H,1-3H2. The Labute approximate surface area is 53.2 Å². The Hall–Kier alpha value is -0.630. The van der Waals surface area contributed by atoms with Gasteiger partial charge in [0.15, 0.2) is 0 Å². The Bertz CT molecular complexity index is 131. The lowest BCUT2D eigenvalue weighted by Gasteiger charge is -2.23. The van der Waals surface area contributed by atoms with E-state index in [1.807, 2.05) is 6.07 Å². The highest BCUT2D eigenvalue weighted by molar-refractivity contribution is 4.87. The zero-order valence-corrected chi connectivity index (χ0v) is 4.95. The second kappa shape index (κ2) is 2.78. The van der Waals surface area contributed by atoms with E-state index in [9.17, 15) is 0 Å². The summed E-state index contributed by atoms with van der Waals surface area (Å²) in [6, 6.07) is 1.43. The van der Waals surface area contributed by atoms with Crippen molar-refractivity contribution in [3.05, 3.63) is 0 Å². The molecule has 0 bridgehead atoms. The van der Waals surface area contributed by atoms with Crippen LogP contribution in [0.25, 0.3) is 0 Å². The maximum atomic E-state index is 8.76. The zero-order valence-electron chi connectivity index (χ0n) is 4.95. The first-order valence-electron chi connectivity index (χ1n) is 2.85. The van der Waals surface area contributed by atoms with Gasteiger partial charge in [0.05, 0.1) is 12.7 Å². The fraction of sp³-hybridized carbons (Fsp3) is 0.800. The minimum absolute atomic E-state index is 0.473. The summed E-state index contributed by atoms with van der Waals surface area (Å²) in [5, 5.41) is 17.7. The maximum Gasteiger partial charge on any atom is 0.149 e. The van der Waals surface area contributed by atoms with Crippen molar-refractivity contribution in [3.63, 3.8) is 0 Å². The smallest absolute Gasteiger partial charge is 0.149 e. The molecule has 1 aliphatic heterocycles. The molecule has 0 aromatic carbocycles. The van der Waals surface area contributed by atoms with Crippen molar-refractivity contribution in [1.82, 2.24) is 5.23 Å². The van der Waals surface area contributed by atoms with E-state index in [0.29, 0.717) is 18.3 Å². The molecule has 0 aliphatic carbocycles. The van der Waals surface area contributed by atoms with E-state index in [1.54, 1.807) is 0 Å². The van der Waals surface area contributed by atoms with Crippen molar-refractivity contribution in [2.45, 2.75) is 18.9 Å². The van der Waals surface area contributed by atoms with Crippen LogP contribution in [-0.2, 0) is 4.84 Å². The van der Waals surface area contributed by atoms with Gasteiger partial charge in [-0.2, -0.15) is 5.26 Å². The summed E-state index contributed by atoms with van der Waals surface area (Å²) in [4.78, 5) is 4.65. The third kappa shape index (κ3) is 1.39. The molecule has 1 N–H and O–H groups in total. The van der Waals surface area contributed by atoms with E-state index in [2.05, 4.69) is 4.84 Å². The Morgan fingerprint density at radius 2 is 2.56 bits per heavy atom.